The van der Waals surface area contributed by atoms with E-state index in [4.69, 9.17) is 11.6 Å². The van der Waals surface area contributed by atoms with Crippen LogP contribution in [0.25, 0.3) is 6.08 Å². The number of benzene rings is 1. The molecule has 104 valence electrons. The summed E-state index contributed by atoms with van der Waals surface area (Å²) in [6, 6.07) is 3.65. The second-order valence-electron chi connectivity index (χ2n) is 4.14. The van der Waals surface area contributed by atoms with Gasteiger partial charge in [0, 0.05) is 12.7 Å². The zero-order valence-electron chi connectivity index (χ0n) is 11.0. The molecule has 1 amide bonds. The fourth-order valence-corrected chi connectivity index (χ4v) is 2.19. The lowest BCUT2D eigenvalue weighted by atomic mass is 10.0. The van der Waals surface area contributed by atoms with E-state index in [2.05, 4.69) is 0 Å². The molecule has 0 radical (unpaired) electrons. The molecular formula is C13H15ClNO3S-. The molecule has 0 aromatic heterocycles. The number of nitrogens with zero attached hydrogens (tertiary/aromatic N) is 1. The van der Waals surface area contributed by atoms with Gasteiger partial charge in [-0.05, 0) is 65.2 Å². The summed E-state index contributed by atoms with van der Waals surface area (Å²) >= 11 is 3.30. The second kappa shape index (κ2) is 6.84. The summed E-state index contributed by atoms with van der Waals surface area (Å²) in [6.07, 6.45) is 1.54. The van der Waals surface area contributed by atoms with Gasteiger partial charge in [-0.3, -0.25) is 9.00 Å². The van der Waals surface area contributed by atoms with Gasteiger partial charge in [-0.25, -0.2) is 0 Å². The molecule has 1 aromatic rings. The predicted octanol–water partition coefficient (Wildman–Crippen LogP) is 2.35. The molecule has 0 aliphatic rings. The molecule has 0 saturated carbocycles. The maximum Gasteiger partial charge on any atom is 0.241 e. The molecule has 1 aromatic carbocycles. The minimum Gasteiger partial charge on any atom is -0.769 e. The third kappa shape index (κ3) is 4.16. The standard InChI is InChI=1S/C13H16ClNO3S/c1-9-6-11(15(3)13(16)8-14)7-10(2)12(9)4-5-19(17)18/h4-7H,8H2,1-3H3,(H,17,18)/p-1/b5-4+. The first-order valence-electron chi connectivity index (χ1n) is 5.57. The van der Waals surface area contributed by atoms with Crippen molar-refractivity contribution in [2.75, 3.05) is 17.8 Å². The van der Waals surface area contributed by atoms with Gasteiger partial charge in [0.25, 0.3) is 0 Å². The molecule has 1 rings (SSSR count). The fourth-order valence-electron chi connectivity index (χ4n) is 1.77. The van der Waals surface area contributed by atoms with Crippen LogP contribution >= 0.6 is 11.6 Å². The molecule has 0 spiro atoms. The first-order valence-corrected chi connectivity index (χ1v) is 7.24. The summed E-state index contributed by atoms with van der Waals surface area (Å²) in [5.74, 6) is -0.268. The maximum absolute atomic E-state index is 11.5. The highest BCUT2D eigenvalue weighted by Gasteiger charge is 2.11. The van der Waals surface area contributed by atoms with Crippen LogP contribution in [0.4, 0.5) is 5.69 Å². The van der Waals surface area contributed by atoms with Crippen molar-refractivity contribution in [1.29, 1.82) is 0 Å². The van der Waals surface area contributed by atoms with Gasteiger partial charge in [-0.1, -0.05) is 0 Å². The van der Waals surface area contributed by atoms with Crippen molar-refractivity contribution in [1.82, 2.24) is 0 Å². The van der Waals surface area contributed by atoms with Crippen molar-refractivity contribution in [3.05, 3.63) is 34.2 Å². The van der Waals surface area contributed by atoms with Crippen LogP contribution < -0.4 is 4.90 Å². The van der Waals surface area contributed by atoms with E-state index >= 15 is 0 Å². The SMILES string of the molecule is Cc1cc(N(C)C(=O)CCl)cc(C)c1/C=C/S(=O)[O-]. The molecule has 0 saturated heterocycles. The van der Waals surface area contributed by atoms with Crippen molar-refractivity contribution in [3.63, 3.8) is 0 Å². The van der Waals surface area contributed by atoms with E-state index in [1.165, 1.54) is 4.90 Å². The van der Waals surface area contributed by atoms with Gasteiger partial charge in [0.2, 0.25) is 5.91 Å². The molecule has 0 heterocycles. The van der Waals surface area contributed by atoms with Gasteiger partial charge in [0.05, 0.1) is 0 Å². The largest absolute Gasteiger partial charge is 0.769 e. The number of halogens is 1. The molecule has 0 fully saturated rings. The Morgan fingerprint density at radius 1 is 1.42 bits per heavy atom. The van der Waals surface area contributed by atoms with Crippen molar-refractivity contribution in [2.24, 2.45) is 0 Å². The number of carbonyl (C=O) groups is 1. The summed E-state index contributed by atoms with van der Waals surface area (Å²) in [5.41, 5.74) is 3.36. The average Bonchev–Trinajstić information content (AvgIpc) is 2.35. The summed E-state index contributed by atoms with van der Waals surface area (Å²) in [6.45, 7) is 3.73. The van der Waals surface area contributed by atoms with Crippen LogP contribution in [0.3, 0.4) is 0 Å². The number of hydrogen-bond donors (Lipinski definition) is 0. The number of alkyl halides is 1. The molecule has 0 N–H and O–H groups in total. The Morgan fingerprint density at radius 3 is 2.37 bits per heavy atom. The Balaban J connectivity index is 3.16. The van der Waals surface area contributed by atoms with Gasteiger partial charge in [-0.2, -0.15) is 0 Å². The molecule has 19 heavy (non-hydrogen) atoms. The van der Waals surface area contributed by atoms with Crippen LogP contribution in [0.15, 0.2) is 17.5 Å². The number of aryl methyl sites for hydroxylation is 2. The smallest absolute Gasteiger partial charge is 0.241 e. The van der Waals surface area contributed by atoms with Crippen LogP contribution in [-0.2, 0) is 15.9 Å². The second-order valence-corrected chi connectivity index (χ2v) is 5.20. The topological polar surface area (TPSA) is 60.4 Å². The van der Waals surface area contributed by atoms with Gasteiger partial charge < -0.3 is 9.45 Å². The first-order chi connectivity index (χ1) is 8.86. The van der Waals surface area contributed by atoms with Crippen molar-refractivity contribution in [2.45, 2.75) is 13.8 Å². The predicted molar refractivity (Wildman–Crippen MR) is 78.0 cm³/mol. The normalized spacial score (nSPS) is 12.7. The molecule has 1 atom stereocenters. The molecule has 6 heteroatoms. The monoisotopic (exact) mass is 300 g/mol. The zero-order chi connectivity index (χ0) is 14.6. The Kier molecular flexibility index (Phi) is 5.72. The van der Waals surface area contributed by atoms with Crippen LogP contribution in [-0.4, -0.2) is 27.6 Å². The van der Waals surface area contributed by atoms with Gasteiger partial charge in [-0.15, -0.1) is 11.6 Å². The molecular weight excluding hydrogens is 286 g/mol. The number of carbonyl (C=O) groups excluding carboxylic acids is 1. The quantitative estimate of drug-likeness (QED) is 0.633. The van der Waals surface area contributed by atoms with Gasteiger partial charge in [0.1, 0.15) is 5.88 Å². The van der Waals surface area contributed by atoms with Gasteiger partial charge in [0.15, 0.2) is 0 Å². The number of rotatable bonds is 4. The van der Waals surface area contributed by atoms with E-state index in [-0.39, 0.29) is 11.8 Å². The zero-order valence-corrected chi connectivity index (χ0v) is 12.5. The van der Waals surface area contributed by atoms with E-state index in [1.807, 2.05) is 26.0 Å². The van der Waals surface area contributed by atoms with Crippen LogP contribution in [0.2, 0.25) is 0 Å². The fraction of sp³-hybridized carbons (Fsp3) is 0.308. The highest BCUT2D eigenvalue weighted by Crippen LogP contribution is 2.24. The van der Waals surface area contributed by atoms with Crippen molar-refractivity contribution in [3.8, 4) is 0 Å². The van der Waals surface area contributed by atoms with E-state index in [1.54, 1.807) is 13.1 Å². The molecule has 4 nitrogen and oxygen atoms in total. The Morgan fingerprint density at radius 2 is 1.95 bits per heavy atom. The van der Waals surface area contributed by atoms with E-state index in [0.29, 0.717) is 0 Å². The molecule has 0 aliphatic heterocycles. The number of amides is 1. The maximum atomic E-state index is 11.5. The van der Waals surface area contributed by atoms with Crippen molar-refractivity contribution >= 4 is 40.4 Å². The summed E-state index contributed by atoms with van der Waals surface area (Å²) in [7, 11) is 1.65. The molecule has 0 bridgehead atoms. The number of hydrogen-bond acceptors (Lipinski definition) is 3. The highest BCUT2D eigenvalue weighted by atomic mass is 35.5. The average molecular weight is 301 g/mol. The third-order valence-electron chi connectivity index (χ3n) is 2.80. The van der Waals surface area contributed by atoms with E-state index < -0.39 is 11.1 Å². The third-order valence-corrected chi connectivity index (χ3v) is 3.39. The minimum atomic E-state index is -2.22. The first kappa shape index (κ1) is 15.9. The lowest BCUT2D eigenvalue weighted by Crippen LogP contribution is -2.27. The van der Waals surface area contributed by atoms with Crippen LogP contribution in [0, 0.1) is 13.8 Å². The highest BCUT2D eigenvalue weighted by molar-refractivity contribution is 7.82. The Hall–Kier alpha value is -1.17. The van der Waals surface area contributed by atoms with Crippen LogP contribution in [0.5, 0.6) is 0 Å². The van der Waals surface area contributed by atoms with Crippen LogP contribution in [0.1, 0.15) is 16.7 Å². The lowest BCUT2D eigenvalue weighted by Gasteiger charge is -2.19. The summed E-state index contributed by atoms with van der Waals surface area (Å²) < 4.78 is 21.1. The van der Waals surface area contributed by atoms with E-state index in [9.17, 15) is 13.6 Å². The minimum absolute atomic E-state index is 0.0780. The molecule has 0 aliphatic carbocycles. The molecule has 1 unspecified atom stereocenters. The summed E-state index contributed by atoms with van der Waals surface area (Å²) in [4.78, 5) is 13.0. The Bertz CT molecular complexity index is 520. The van der Waals surface area contributed by atoms with Crippen molar-refractivity contribution < 1.29 is 13.6 Å². The van der Waals surface area contributed by atoms with Gasteiger partial charge >= 0.3 is 0 Å². The summed E-state index contributed by atoms with van der Waals surface area (Å²) in [5, 5.41) is 1.10. The van der Waals surface area contributed by atoms with E-state index in [0.717, 1.165) is 27.8 Å². The lowest BCUT2D eigenvalue weighted by molar-refractivity contribution is -0.116. The number of anilines is 1. The Labute approximate surface area is 120 Å².